The minimum Gasteiger partial charge on any atom is -0.352 e. The average Bonchev–Trinajstić information content (AvgIpc) is 2.85. The molecule has 1 saturated carbocycles. The van der Waals surface area contributed by atoms with Crippen LogP contribution in [0.1, 0.15) is 19.8 Å². The molecule has 3 nitrogen and oxygen atoms in total. The first-order valence-electron chi connectivity index (χ1n) is 5.12. The molecule has 2 rings (SSSR count). The molecule has 2 N–H and O–H groups in total. The molecule has 0 spiro atoms. The first-order chi connectivity index (χ1) is 6.25. The smallest absolute Gasteiger partial charge is 0.223 e. The highest BCUT2D eigenvalue weighted by atomic mass is 16.2. The van der Waals surface area contributed by atoms with Crippen molar-refractivity contribution in [3.8, 4) is 0 Å². The highest BCUT2D eigenvalue weighted by molar-refractivity contribution is 5.81. The average molecular weight is 181 g/mol. The Morgan fingerprint density at radius 1 is 1.46 bits per heavy atom. The number of hydrogen-bond acceptors (Lipinski definition) is 2. The number of hydrogen-bond donors (Lipinski definition) is 2. The minimum atomic E-state index is 0.247. The summed E-state index contributed by atoms with van der Waals surface area (Å²) in [4.78, 5) is 11.4. The fourth-order valence-corrected chi connectivity index (χ4v) is 1.74. The maximum absolute atomic E-state index is 11.4. The van der Waals surface area contributed by atoms with E-state index in [1.54, 1.807) is 0 Å². The number of amides is 1. The first-order valence-corrected chi connectivity index (χ1v) is 5.12. The number of carbonyl (C=O) groups excluding carboxylic acids is 1. The molecule has 1 aliphatic carbocycles. The van der Waals surface area contributed by atoms with Crippen LogP contribution in [0.25, 0.3) is 0 Å². The Kier molecular flexibility index (Phi) is 2.54. The summed E-state index contributed by atoms with van der Waals surface area (Å²) in [5.74, 6) is 1.14. The van der Waals surface area contributed by atoms with Gasteiger partial charge in [0.15, 0.2) is 0 Å². The Morgan fingerprint density at radius 3 is 2.85 bits per heavy atom. The Morgan fingerprint density at radius 2 is 2.23 bits per heavy atom. The Labute approximate surface area is 79.3 Å². The van der Waals surface area contributed by atoms with Gasteiger partial charge in [-0.15, -0.1) is 0 Å². The predicted molar refractivity (Wildman–Crippen MR) is 51.0 cm³/mol. The van der Waals surface area contributed by atoms with Crippen LogP contribution in [0.15, 0.2) is 0 Å². The molecule has 2 aliphatic rings. The second-order valence-corrected chi connectivity index (χ2v) is 4.22. The lowest BCUT2D eigenvalue weighted by molar-refractivity contribution is -0.122. The SMILES string of the molecule is CC1[CH]C(NC(=O)C2CC2)CNC1. The summed E-state index contributed by atoms with van der Waals surface area (Å²) in [6.45, 7) is 4.10. The monoisotopic (exact) mass is 181 g/mol. The van der Waals surface area contributed by atoms with Gasteiger partial charge < -0.3 is 10.6 Å². The van der Waals surface area contributed by atoms with Crippen molar-refractivity contribution < 1.29 is 4.79 Å². The molecule has 2 atom stereocenters. The van der Waals surface area contributed by atoms with Gasteiger partial charge in [0, 0.05) is 18.5 Å². The zero-order valence-electron chi connectivity index (χ0n) is 8.05. The molecule has 0 aromatic heterocycles. The summed E-state index contributed by atoms with van der Waals surface area (Å²) in [7, 11) is 0. The maximum atomic E-state index is 11.4. The molecule has 1 saturated heterocycles. The van der Waals surface area contributed by atoms with E-state index in [9.17, 15) is 4.79 Å². The third-order valence-corrected chi connectivity index (χ3v) is 2.67. The van der Waals surface area contributed by atoms with E-state index in [4.69, 9.17) is 0 Å². The van der Waals surface area contributed by atoms with E-state index in [2.05, 4.69) is 24.0 Å². The molecule has 1 amide bonds. The zero-order chi connectivity index (χ0) is 9.26. The highest BCUT2D eigenvalue weighted by Crippen LogP contribution is 2.29. The van der Waals surface area contributed by atoms with Crippen molar-refractivity contribution >= 4 is 5.91 Å². The Balaban J connectivity index is 1.76. The van der Waals surface area contributed by atoms with Crippen LogP contribution in [0.3, 0.4) is 0 Å². The van der Waals surface area contributed by atoms with E-state index in [1.165, 1.54) is 0 Å². The Bertz CT molecular complexity index is 201. The molecule has 13 heavy (non-hydrogen) atoms. The lowest BCUT2D eigenvalue weighted by Gasteiger charge is -2.28. The normalized spacial score (nSPS) is 34.2. The van der Waals surface area contributed by atoms with Crippen molar-refractivity contribution in [2.75, 3.05) is 13.1 Å². The van der Waals surface area contributed by atoms with E-state index < -0.39 is 0 Å². The van der Waals surface area contributed by atoms with Crippen molar-refractivity contribution in [2.24, 2.45) is 11.8 Å². The van der Waals surface area contributed by atoms with Gasteiger partial charge in [-0.1, -0.05) is 6.92 Å². The summed E-state index contributed by atoms with van der Waals surface area (Å²) in [5.41, 5.74) is 0. The standard InChI is InChI=1S/C10H17N2O/c1-7-4-9(6-11-5-7)12-10(13)8-2-3-8/h4,7-9,11H,2-3,5-6H2,1H3,(H,12,13). The fraction of sp³-hybridized carbons (Fsp3) is 0.800. The summed E-state index contributed by atoms with van der Waals surface area (Å²) in [6, 6.07) is 0.247. The molecule has 2 unspecified atom stereocenters. The van der Waals surface area contributed by atoms with Crippen molar-refractivity contribution in [3.63, 3.8) is 0 Å². The lowest BCUT2D eigenvalue weighted by Crippen LogP contribution is -2.49. The maximum Gasteiger partial charge on any atom is 0.223 e. The van der Waals surface area contributed by atoms with Gasteiger partial charge in [-0.05, 0) is 31.7 Å². The topological polar surface area (TPSA) is 41.1 Å². The third-order valence-electron chi connectivity index (χ3n) is 2.67. The second-order valence-electron chi connectivity index (χ2n) is 4.22. The van der Waals surface area contributed by atoms with Crippen molar-refractivity contribution in [1.82, 2.24) is 10.6 Å². The summed E-state index contributed by atoms with van der Waals surface area (Å²) in [5, 5.41) is 6.36. The van der Waals surface area contributed by atoms with Crippen LogP contribution in [0, 0.1) is 18.3 Å². The largest absolute Gasteiger partial charge is 0.352 e. The van der Waals surface area contributed by atoms with E-state index in [0.29, 0.717) is 11.8 Å². The molecular formula is C10H17N2O. The van der Waals surface area contributed by atoms with Crippen molar-refractivity contribution in [3.05, 3.63) is 6.42 Å². The van der Waals surface area contributed by atoms with Crippen LogP contribution >= 0.6 is 0 Å². The van der Waals surface area contributed by atoms with Crippen LogP contribution in [0.5, 0.6) is 0 Å². The number of nitrogens with one attached hydrogen (secondary N) is 2. The van der Waals surface area contributed by atoms with Crippen LogP contribution in [0.2, 0.25) is 0 Å². The van der Waals surface area contributed by atoms with E-state index in [1.807, 2.05) is 0 Å². The van der Waals surface area contributed by atoms with Crippen LogP contribution in [-0.2, 0) is 4.79 Å². The molecule has 0 aromatic carbocycles. The predicted octanol–water partition coefficient (Wildman–Crippen LogP) is 0.325. The quantitative estimate of drug-likeness (QED) is 0.644. The minimum absolute atomic E-state index is 0.247. The molecule has 0 aromatic rings. The van der Waals surface area contributed by atoms with Gasteiger partial charge in [0.05, 0.1) is 0 Å². The summed E-state index contributed by atoms with van der Waals surface area (Å²) < 4.78 is 0. The van der Waals surface area contributed by atoms with E-state index in [-0.39, 0.29) is 11.9 Å². The van der Waals surface area contributed by atoms with Gasteiger partial charge in [0.2, 0.25) is 5.91 Å². The lowest BCUT2D eigenvalue weighted by atomic mass is 9.97. The van der Waals surface area contributed by atoms with Gasteiger partial charge in [0.25, 0.3) is 0 Å². The van der Waals surface area contributed by atoms with Crippen LogP contribution < -0.4 is 10.6 Å². The van der Waals surface area contributed by atoms with E-state index in [0.717, 1.165) is 25.9 Å². The molecular weight excluding hydrogens is 164 g/mol. The first kappa shape index (κ1) is 9.00. The van der Waals surface area contributed by atoms with Gasteiger partial charge >= 0.3 is 0 Å². The second kappa shape index (κ2) is 3.66. The number of rotatable bonds is 2. The molecule has 1 heterocycles. The van der Waals surface area contributed by atoms with Gasteiger partial charge in [-0.2, -0.15) is 0 Å². The van der Waals surface area contributed by atoms with E-state index >= 15 is 0 Å². The zero-order valence-corrected chi connectivity index (χ0v) is 8.05. The highest BCUT2D eigenvalue weighted by Gasteiger charge is 2.31. The third kappa shape index (κ3) is 2.44. The van der Waals surface area contributed by atoms with Crippen molar-refractivity contribution in [2.45, 2.75) is 25.8 Å². The van der Waals surface area contributed by atoms with Gasteiger partial charge in [0.1, 0.15) is 0 Å². The van der Waals surface area contributed by atoms with Crippen LogP contribution in [0.4, 0.5) is 0 Å². The summed E-state index contributed by atoms with van der Waals surface area (Å²) in [6.07, 6.45) is 4.40. The van der Waals surface area contributed by atoms with Gasteiger partial charge in [-0.25, -0.2) is 0 Å². The summed E-state index contributed by atoms with van der Waals surface area (Å²) >= 11 is 0. The van der Waals surface area contributed by atoms with Crippen LogP contribution in [-0.4, -0.2) is 25.0 Å². The molecule has 1 aliphatic heterocycles. The molecule has 3 heteroatoms. The Hall–Kier alpha value is -0.570. The van der Waals surface area contributed by atoms with Crippen molar-refractivity contribution in [1.29, 1.82) is 0 Å². The number of carbonyl (C=O) groups is 1. The molecule has 1 radical (unpaired) electrons. The molecule has 0 bridgehead atoms. The molecule has 73 valence electrons. The van der Waals surface area contributed by atoms with Gasteiger partial charge in [-0.3, -0.25) is 4.79 Å². The fourth-order valence-electron chi connectivity index (χ4n) is 1.74. The number of piperidine rings is 1. The molecule has 2 fully saturated rings.